The molecule has 0 bridgehead atoms. The van der Waals surface area contributed by atoms with Gasteiger partial charge in [0.15, 0.2) is 5.78 Å². The number of carboxylic acid groups (broad SMARTS) is 1. The number of aryl methyl sites for hydroxylation is 1. The Morgan fingerprint density at radius 2 is 2.04 bits per heavy atom. The highest BCUT2D eigenvalue weighted by Crippen LogP contribution is 2.19. The lowest BCUT2D eigenvalue weighted by atomic mass is 9.93. The zero-order valence-corrected chi connectivity index (χ0v) is 13.1. The molecule has 124 valence electrons. The summed E-state index contributed by atoms with van der Waals surface area (Å²) in [6, 6.07) is 0.194. The number of aliphatic carboxylic acids is 1. The van der Waals surface area contributed by atoms with E-state index < -0.39 is 23.5 Å². The quantitative estimate of drug-likeness (QED) is 0.752. The number of carbonyl (C=O) groups excluding carboxylic acids is 2. The van der Waals surface area contributed by atoms with Crippen molar-refractivity contribution in [2.45, 2.75) is 45.6 Å². The van der Waals surface area contributed by atoms with Crippen molar-refractivity contribution in [2.75, 3.05) is 0 Å². The minimum Gasteiger partial charge on any atom is -0.480 e. The summed E-state index contributed by atoms with van der Waals surface area (Å²) >= 11 is 0. The first-order chi connectivity index (χ1) is 10.8. The number of hydrogen-bond acceptors (Lipinski definition) is 4. The third-order valence-corrected chi connectivity index (χ3v) is 4.26. The van der Waals surface area contributed by atoms with E-state index >= 15 is 0 Å². The van der Waals surface area contributed by atoms with Crippen molar-refractivity contribution in [2.24, 2.45) is 5.92 Å². The van der Waals surface area contributed by atoms with E-state index in [1.54, 1.807) is 6.92 Å². The van der Waals surface area contributed by atoms with Gasteiger partial charge in [-0.3, -0.25) is 14.4 Å². The molecular weight excluding hydrogens is 300 g/mol. The second-order valence-corrected chi connectivity index (χ2v) is 5.86. The van der Waals surface area contributed by atoms with Crippen molar-refractivity contribution in [3.05, 3.63) is 33.2 Å². The molecule has 1 aromatic heterocycles. The summed E-state index contributed by atoms with van der Waals surface area (Å²) in [5.41, 5.74) is 0.0497. The second-order valence-electron chi connectivity index (χ2n) is 5.86. The highest BCUT2D eigenvalue weighted by atomic mass is 16.4. The van der Waals surface area contributed by atoms with Gasteiger partial charge in [0.25, 0.3) is 11.5 Å². The smallest absolute Gasteiger partial charge is 0.326 e. The number of aromatic nitrogens is 1. The maximum atomic E-state index is 12.3. The van der Waals surface area contributed by atoms with E-state index in [2.05, 4.69) is 10.3 Å². The number of Topliss-reactive ketones (excluding diaryl/α,β-unsaturated/α-hetero) is 1. The molecule has 7 heteroatoms. The largest absolute Gasteiger partial charge is 0.480 e. The Labute approximate surface area is 133 Å². The number of aromatic amines is 1. The first kappa shape index (κ1) is 16.9. The average Bonchev–Trinajstić information content (AvgIpc) is 2.51. The monoisotopic (exact) mass is 320 g/mol. The molecule has 1 aliphatic carbocycles. The minimum atomic E-state index is -1.15. The molecule has 0 radical (unpaired) electrons. The predicted octanol–water partition coefficient (Wildman–Crippen LogP) is 1.12. The Kier molecular flexibility index (Phi) is 4.98. The predicted molar refractivity (Wildman–Crippen MR) is 82.7 cm³/mol. The normalized spacial score (nSPS) is 16.3. The first-order valence-electron chi connectivity index (χ1n) is 7.68. The molecule has 1 aliphatic rings. The molecule has 1 amide bonds. The Morgan fingerprint density at radius 1 is 1.35 bits per heavy atom. The van der Waals surface area contributed by atoms with Gasteiger partial charge in [-0.25, -0.2) is 4.79 Å². The number of ketones is 1. The molecule has 2 atom stereocenters. The second kappa shape index (κ2) is 6.76. The molecule has 0 saturated heterocycles. The number of carbonyl (C=O) groups is 3. The number of hydrogen-bond donors (Lipinski definition) is 3. The molecule has 0 spiro atoms. The van der Waals surface area contributed by atoms with Crippen LogP contribution in [0, 0.1) is 5.92 Å². The van der Waals surface area contributed by atoms with E-state index in [0.29, 0.717) is 36.9 Å². The fourth-order valence-corrected chi connectivity index (χ4v) is 2.65. The van der Waals surface area contributed by atoms with Gasteiger partial charge in [0.05, 0.1) is 0 Å². The van der Waals surface area contributed by atoms with Crippen molar-refractivity contribution in [3.8, 4) is 0 Å². The lowest BCUT2D eigenvalue weighted by molar-refractivity contribution is -0.140. The van der Waals surface area contributed by atoms with E-state index in [1.807, 2.05) is 6.92 Å². The van der Waals surface area contributed by atoms with Crippen LogP contribution in [-0.4, -0.2) is 33.8 Å². The average molecular weight is 320 g/mol. The highest BCUT2D eigenvalue weighted by Gasteiger charge is 2.28. The number of pyridine rings is 1. The Bertz CT molecular complexity index is 707. The molecular formula is C16H20N2O5. The molecule has 1 heterocycles. The topological polar surface area (TPSA) is 116 Å². The standard InChI is InChI=1S/C16H20N2O5/c1-3-8(2)13(16(22)23)18-15(21)10-7-9-11(17-14(10)20)5-4-6-12(9)19/h7-8,13H,3-6H2,1-2H3,(H,17,20)(H,18,21)(H,22,23)/t8-,13-/m0/s1. The van der Waals surface area contributed by atoms with Gasteiger partial charge in [0.1, 0.15) is 11.6 Å². The van der Waals surface area contributed by atoms with Crippen LogP contribution in [0.1, 0.15) is 59.5 Å². The van der Waals surface area contributed by atoms with E-state index in [9.17, 15) is 24.3 Å². The van der Waals surface area contributed by atoms with Crippen molar-refractivity contribution < 1.29 is 19.5 Å². The maximum absolute atomic E-state index is 12.3. The van der Waals surface area contributed by atoms with Crippen LogP contribution in [-0.2, 0) is 11.2 Å². The van der Waals surface area contributed by atoms with E-state index in [-0.39, 0.29) is 17.3 Å². The van der Waals surface area contributed by atoms with E-state index in [0.717, 1.165) is 0 Å². The summed E-state index contributed by atoms with van der Waals surface area (Å²) in [7, 11) is 0. The molecule has 1 aromatic rings. The van der Waals surface area contributed by atoms with Gasteiger partial charge in [0.2, 0.25) is 0 Å². The van der Waals surface area contributed by atoms with Gasteiger partial charge in [-0.15, -0.1) is 0 Å². The van der Waals surface area contributed by atoms with Crippen LogP contribution < -0.4 is 10.9 Å². The van der Waals surface area contributed by atoms with Gasteiger partial charge in [0, 0.05) is 17.7 Å². The van der Waals surface area contributed by atoms with Gasteiger partial charge < -0.3 is 15.4 Å². The summed E-state index contributed by atoms with van der Waals surface area (Å²) in [5, 5.41) is 11.6. The van der Waals surface area contributed by atoms with Gasteiger partial charge >= 0.3 is 5.97 Å². The molecule has 7 nitrogen and oxygen atoms in total. The minimum absolute atomic E-state index is 0.117. The number of nitrogens with one attached hydrogen (secondary N) is 2. The van der Waals surface area contributed by atoms with Crippen molar-refractivity contribution >= 4 is 17.7 Å². The Hall–Kier alpha value is -2.44. The number of amides is 1. The van der Waals surface area contributed by atoms with Crippen molar-refractivity contribution in [1.29, 1.82) is 0 Å². The van der Waals surface area contributed by atoms with Gasteiger partial charge in [-0.05, 0) is 24.8 Å². The number of rotatable bonds is 5. The summed E-state index contributed by atoms with van der Waals surface area (Å²) in [6.07, 6.45) is 2.20. The molecule has 0 unspecified atom stereocenters. The van der Waals surface area contributed by atoms with Crippen LogP contribution in [0.3, 0.4) is 0 Å². The van der Waals surface area contributed by atoms with Crippen LogP contribution in [0.2, 0.25) is 0 Å². The molecule has 0 aliphatic heterocycles. The summed E-state index contributed by atoms with van der Waals surface area (Å²) in [4.78, 5) is 50.1. The molecule has 0 aromatic carbocycles. The Balaban J connectivity index is 2.32. The molecule has 23 heavy (non-hydrogen) atoms. The number of carboxylic acids is 1. The maximum Gasteiger partial charge on any atom is 0.326 e. The lowest BCUT2D eigenvalue weighted by Gasteiger charge is -2.20. The number of H-pyrrole nitrogens is 1. The summed E-state index contributed by atoms with van der Waals surface area (Å²) < 4.78 is 0. The molecule has 2 rings (SSSR count). The molecule has 3 N–H and O–H groups in total. The fourth-order valence-electron chi connectivity index (χ4n) is 2.65. The molecule has 0 fully saturated rings. The zero-order valence-electron chi connectivity index (χ0n) is 13.1. The Morgan fingerprint density at radius 3 is 2.65 bits per heavy atom. The number of fused-ring (bicyclic) bond motifs is 1. The van der Waals surface area contributed by atoms with Crippen LogP contribution in [0.5, 0.6) is 0 Å². The fraction of sp³-hybridized carbons (Fsp3) is 0.500. The highest BCUT2D eigenvalue weighted by molar-refractivity contribution is 6.02. The van der Waals surface area contributed by atoms with Crippen LogP contribution >= 0.6 is 0 Å². The van der Waals surface area contributed by atoms with Crippen molar-refractivity contribution in [3.63, 3.8) is 0 Å². The van der Waals surface area contributed by atoms with Crippen LogP contribution in [0.15, 0.2) is 10.9 Å². The zero-order chi connectivity index (χ0) is 17.1. The van der Waals surface area contributed by atoms with Crippen molar-refractivity contribution in [1.82, 2.24) is 10.3 Å². The van der Waals surface area contributed by atoms with Crippen LogP contribution in [0.4, 0.5) is 0 Å². The van der Waals surface area contributed by atoms with Gasteiger partial charge in [-0.1, -0.05) is 20.3 Å². The summed E-state index contributed by atoms with van der Waals surface area (Å²) in [6.45, 7) is 3.52. The molecule has 0 saturated carbocycles. The SMILES string of the molecule is CC[C@H](C)[C@H](NC(=O)c1cc2c([nH]c1=O)CCCC2=O)C(=O)O. The lowest BCUT2D eigenvalue weighted by Crippen LogP contribution is -2.46. The first-order valence-corrected chi connectivity index (χ1v) is 7.68. The van der Waals surface area contributed by atoms with E-state index in [1.165, 1.54) is 6.07 Å². The van der Waals surface area contributed by atoms with Crippen LogP contribution in [0.25, 0.3) is 0 Å². The third kappa shape index (κ3) is 3.49. The summed E-state index contributed by atoms with van der Waals surface area (Å²) in [5.74, 6) is -2.33. The third-order valence-electron chi connectivity index (χ3n) is 4.26. The van der Waals surface area contributed by atoms with Gasteiger partial charge in [-0.2, -0.15) is 0 Å². The van der Waals surface area contributed by atoms with E-state index in [4.69, 9.17) is 0 Å².